The zero-order valence-electron chi connectivity index (χ0n) is 12.0. The molecule has 0 amide bonds. The van der Waals surface area contributed by atoms with Crippen LogP contribution in [-0.4, -0.2) is 0 Å². The van der Waals surface area contributed by atoms with Crippen LogP contribution in [0.25, 0.3) is 0 Å². The van der Waals surface area contributed by atoms with Crippen molar-refractivity contribution in [1.82, 2.24) is 0 Å². The fraction of sp³-hybridized carbons (Fsp3) is 0.421. The fourth-order valence-electron chi connectivity index (χ4n) is 4.22. The molecule has 0 radical (unpaired) electrons. The summed E-state index contributed by atoms with van der Waals surface area (Å²) in [6, 6.07) is 15.7. The summed E-state index contributed by atoms with van der Waals surface area (Å²) in [4.78, 5) is 0. The molecule has 1 heteroatoms. The van der Waals surface area contributed by atoms with E-state index in [0.29, 0.717) is 5.41 Å². The van der Waals surface area contributed by atoms with Crippen molar-refractivity contribution in [3.05, 3.63) is 65.5 Å². The average Bonchev–Trinajstić information content (AvgIpc) is 2.90. The van der Waals surface area contributed by atoms with Gasteiger partial charge in [-0.2, -0.15) is 4.57 Å². The summed E-state index contributed by atoms with van der Waals surface area (Å²) in [7, 11) is 0. The van der Waals surface area contributed by atoms with E-state index >= 15 is 0 Å². The van der Waals surface area contributed by atoms with Crippen LogP contribution in [0.1, 0.15) is 42.5 Å². The molecule has 1 aliphatic heterocycles. The predicted octanol–water partition coefficient (Wildman–Crippen LogP) is 3.68. The van der Waals surface area contributed by atoms with Crippen LogP contribution in [0.5, 0.6) is 0 Å². The highest BCUT2D eigenvalue weighted by Gasteiger charge is 2.38. The third-order valence-electron chi connectivity index (χ3n) is 5.28. The molecule has 0 saturated heterocycles. The summed E-state index contributed by atoms with van der Waals surface area (Å²) < 4.78 is 2.46. The highest BCUT2D eigenvalue weighted by Crippen LogP contribution is 2.44. The molecule has 1 aliphatic carbocycles. The molecule has 2 heterocycles. The van der Waals surface area contributed by atoms with Crippen molar-refractivity contribution >= 4 is 0 Å². The van der Waals surface area contributed by atoms with E-state index in [-0.39, 0.29) is 0 Å². The van der Waals surface area contributed by atoms with Crippen molar-refractivity contribution in [2.75, 3.05) is 0 Å². The van der Waals surface area contributed by atoms with Crippen LogP contribution in [0.3, 0.4) is 0 Å². The van der Waals surface area contributed by atoms with E-state index < -0.39 is 0 Å². The summed E-state index contributed by atoms with van der Waals surface area (Å²) in [5.41, 5.74) is 5.12. The van der Waals surface area contributed by atoms with Crippen molar-refractivity contribution in [3.63, 3.8) is 0 Å². The minimum Gasteiger partial charge on any atom is -0.198 e. The number of hydrogen-bond donors (Lipinski definition) is 0. The van der Waals surface area contributed by atoms with Gasteiger partial charge in [-0.25, -0.2) is 0 Å². The lowest BCUT2D eigenvalue weighted by Crippen LogP contribution is -2.43. The summed E-state index contributed by atoms with van der Waals surface area (Å²) in [5.74, 6) is 0. The molecule has 0 bridgehead atoms. The van der Waals surface area contributed by atoms with Gasteiger partial charge >= 0.3 is 0 Å². The number of fused-ring (bicyclic) bond motifs is 2. The number of nitrogens with zero attached hydrogens (tertiary/aromatic N) is 1. The molecular formula is C19H22N+. The van der Waals surface area contributed by atoms with E-state index in [1.807, 2.05) is 0 Å². The highest BCUT2D eigenvalue weighted by atomic mass is 15.0. The molecule has 0 atom stereocenters. The maximum atomic E-state index is 2.46. The molecule has 1 spiro atoms. The second kappa shape index (κ2) is 4.73. The van der Waals surface area contributed by atoms with Crippen LogP contribution in [-0.2, 0) is 19.4 Å². The molecule has 0 unspecified atom stereocenters. The monoisotopic (exact) mass is 264 g/mol. The first kappa shape index (κ1) is 12.1. The number of benzene rings is 1. The van der Waals surface area contributed by atoms with Crippen molar-refractivity contribution in [2.24, 2.45) is 5.41 Å². The largest absolute Gasteiger partial charge is 0.198 e. The normalized spacial score (nSPS) is 20.0. The molecule has 1 fully saturated rings. The van der Waals surface area contributed by atoms with Gasteiger partial charge in [0.1, 0.15) is 0 Å². The van der Waals surface area contributed by atoms with Crippen molar-refractivity contribution in [1.29, 1.82) is 0 Å². The van der Waals surface area contributed by atoms with Crippen LogP contribution in [0.2, 0.25) is 0 Å². The van der Waals surface area contributed by atoms with Crippen LogP contribution in [0.4, 0.5) is 0 Å². The lowest BCUT2D eigenvalue weighted by molar-refractivity contribution is -0.696. The van der Waals surface area contributed by atoms with Crippen LogP contribution in [0.15, 0.2) is 48.7 Å². The molecule has 0 N–H and O–H groups in total. The lowest BCUT2D eigenvalue weighted by Gasteiger charge is -2.30. The molecule has 102 valence electrons. The third kappa shape index (κ3) is 2.06. The van der Waals surface area contributed by atoms with Gasteiger partial charge in [0.25, 0.3) is 0 Å². The standard InChI is InChI=1S/C19H22N/c1-2-8-17-15-20-12-6-3-9-18(20)14-19(10-4-5-11-19)13-16(17)7-1/h1-3,6-9,12H,4-5,10-11,13-15H2/q+1. The summed E-state index contributed by atoms with van der Waals surface area (Å²) in [6.07, 6.45) is 10.4. The molecule has 1 nitrogen and oxygen atoms in total. The first-order chi connectivity index (χ1) is 9.85. The first-order valence-corrected chi connectivity index (χ1v) is 7.89. The SMILES string of the molecule is c1ccc2c(c1)C[n+]1ccccc1CC1(CCCC1)C2. The Morgan fingerprint density at radius 1 is 0.800 bits per heavy atom. The van der Waals surface area contributed by atoms with Gasteiger partial charge in [-0.05, 0) is 30.2 Å². The number of pyridine rings is 1. The summed E-state index contributed by atoms with van der Waals surface area (Å²) >= 11 is 0. The van der Waals surface area contributed by atoms with Gasteiger partial charge in [-0.1, -0.05) is 43.2 Å². The average molecular weight is 264 g/mol. The van der Waals surface area contributed by atoms with E-state index in [1.54, 1.807) is 5.56 Å². The van der Waals surface area contributed by atoms with Crippen LogP contribution < -0.4 is 4.57 Å². The van der Waals surface area contributed by atoms with E-state index in [0.717, 1.165) is 6.54 Å². The van der Waals surface area contributed by atoms with Crippen molar-refractivity contribution in [2.45, 2.75) is 45.1 Å². The number of rotatable bonds is 0. The summed E-state index contributed by atoms with van der Waals surface area (Å²) in [6.45, 7) is 1.03. The predicted molar refractivity (Wildman–Crippen MR) is 80.5 cm³/mol. The van der Waals surface area contributed by atoms with Gasteiger partial charge in [0.05, 0.1) is 0 Å². The van der Waals surface area contributed by atoms with E-state index in [1.165, 1.54) is 49.8 Å². The summed E-state index contributed by atoms with van der Waals surface area (Å²) in [5, 5.41) is 0. The Kier molecular flexibility index (Phi) is 2.87. The maximum Gasteiger partial charge on any atom is 0.182 e. The minimum atomic E-state index is 0.514. The van der Waals surface area contributed by atoms with Gasteiger partial charge in [-0.15, -0.1) is 0 Å². The quantitative estimate of drug-likeness (QED) is 0.639. The smallest absolute Gasteiger partial charge is 0.182 e. The minimum absolute atomic E-state index is 0.514. The van der Waals surface area contributed by atoms with E-state index in [9.17, 15) is 0 Å². The topological polar surface area (TPSA) is 3.88 Å². The Morgan fingerprint density at radius 3 is 2.40 bits per heavy atom. The van der Waals surface area contributed by atoms with Crippen molar-refractivity contribution < 1.29 is 4.57 Å². The number of hydrogen-bond acceptors (Lipinski definition) is 0. The van der Waals surface area contributed by atoms with Crippen LogP contribution in [0, 0.1) is 5.41 Å². The molecule has 4 rings (SSSR count). The molecule has 1 saturated carbocycles. The first-order valence-electron chi connectivity index (χ1n) is 7.89. The molecular weight excluding hydrogens is 242 g/mol. The zero-order chi connectivity index (χ0) is 13.4. The molecule has 1 aromatic heterocycles. The van der Waals surface area contributed by atoms with Gasteiger partial charge in [0, 0.05) is 24.1 Å². The Balaban J connectivity index is 1.85. The molecule has 2 aliphatic rings. The Labute approximate surface area is 121 Å². The van der Waals surface area contributed by atoms with Gasteiger partial charge in [0.15, 0.2) is 18.4 Å². The zero-order valence-corrected chi connectivity index (χ0v) is 12.0. The van der Waals surface area contributed by atoms with E-state index in [2.05, 4.69) is 53.2 Å². The molecule has 20 heavy (non-hydrogen) atoms. The van der Waals surface area contributed by atoms with E-state index in [4.69, 9.17) is 0 Å². The maximum absolute atomic E-state index is 2.46. The molecule has 2 aromatic rings. The fourth-order valence-corrected chi connectivity index (χ4v) is 4.22. The number of aromatic nitrogens is 1. The Morgan fingerprint density at radius 2 is 1.55 bits per heavy atom. The van der Waals surface area contributed by atoms with Gasteiger partial charge in [0.2, 0.25) is 0 Å². The third-order valence-corrected chi connectivity index (χ3v) is 5.28. The molecule has 1 aromatic carbocycles. The van der Waals surface area contributed by atoms with Crippen LogP contribution >= 0.6 is 0 Å². The van der Waals surface area contributed by atoms with Gasteiger partial charge < -0.3 is 0 Å². The highest BCUT2D eigenvalue weighted by molar-refractivity contribution is 5.29. The Hall–Kier alpha value is -1.63. The lowest BCUT2D eigenvalue weighted by atomic mass is 9.74. The Bertz CT molecular complexity index is 574. The van der Waals surface area contributed by atoms with Crippen molar-refractivity contribution in [3.8, 4) is 0 Å². The van der Waals surface area contributed by atoms with Gasteiger partial charge in [-0.3, -0.25) is 0 Å². The second-order valence-electron chi connectivity index (χ2n) is 6.65. The second-order valence-corrected chi connectivity index (χ2v) is 6.65.